The third-order valence-corrected chi connectivity index (χ3v) is 7.81. The quantitative estimate of drug-likeness (QED) is 0.495. The van der Waals surface area contributed by atoms with E-state index < -0.39 is 10.0 Å². The van der Waals surface area contributed by atoms with Gasteiger partial charge < -0.3 is 9.80 Å². The average molecular weight is 504 g/mol. The normalized spacial score (nSPS) is 14.2. The van der Waals surface area contributed by atoms with Gasteiger partial charge in [-0.3, -0.25) is 9.10 Å². The number of benzene rings is 3. The number of halogens is 2. The molecule has 0 bridgehead atoms. The van der Waals surface area contributed by atoms with Crippen LogP contribution in [0, 0.1) is 0 Å². The van der Waals surface area contributed by atoms with Gasteiger partial charge in [0.25, 0.3) is 10.0 Å². The first kappa shape index (κ1) is 23.4. The van der Waals surface area contributed by atoms with E-state index in [1.165, 1.54) is 30.3 Å². The molecule has 1 saturated heterocycles. The predicted octanol–water partition coefficient (Wildman–Crippen LogP) is 4.54. The number of piperazine rings is 1. The van der Waals surface area contributed by atoms with Crippen LogP contribution in [0.4, 0.5) is 11.4 Å². The Hall–Kier alpha value is -2.74. The molecule has 0 unspecified atom stereocenters. The van der Waals surface area contributed by atoms with E-state index in [4.69, 9.17) is 23.2 Å². The number of hydrogen-bond donors (Lipinski definition) is 0. The number of para-hydroxylation sites is 1. The second-order valence-electron chi connectivity index (χ2n) is 7.65. The Labute approximate surface area is 204 Å². The fourth-order valence-electron chi connectivity index (χ4n) is 3.76. The Morgan fingerprint density at radius 1 is 0.818 bits per heavy atom. The van der Waals surface area contributed by atoms with Gasteiger partial charge in [-0.15, -0.1) is 0 Å². The van der Waals surface area contributed by atoms with Gasteiger partial charge in [-0.05, 0) is 54.6 Å². The van der Waals surface area contributed by atoms with Crippen LogP contribution in [0.5, 0.6) is 0 Å². The van der Waals surface area contributed by atoms with Gasteiger partial charge >= 0.3 is 0 Å². The summed E-state index contributed by atoms with van der Waals surface area (Å²) in [4.78, 5) is 17.2. The zero-order valence-corrected chi connectivity index (χ0v) is 20.1. The van der Waals surface area contributed by atoms with Gasteiger partial charge in [0.2, 0.25) is 5.91 Å². The van der Waals surface area contributed by atoms with Crippen molar-refractivity contribution in [3.8, 4) is 0 Å². The largest absolute Gasteiger partial charge is 0.368 e. The number of carbonyl (C=O) groups excluding carboxylic acids is 1. The first-order valence-electron chi connectivity index (χ1n) is 10.5. The summed E-state index contributed by atoms with van der Waals surface area (Å²) in [6, 6.07) is 22.4. The summed E-state index contributed by atoms with van der Waals surface area (Å²) >= 11 is 12.1. The standard InChI is InChI=1S/C24H23Cl2N3O3S/c25-19-9-11-23(12-10-19)33(31,32)29(22-8-4-5-20(26)17-22)18-24(30)28-15-13-27(14-16-28)21-6-2-1-3-7-21/h1-12,17H,13-16,18H2. The van der Waals surface area contributed by atoms with Crippen LogP contribution in [-0.4, -0.2) is 51.9 Å². The minimum absolute atomic E-state index is 0.0496. The number of carbonyl (C=O) groups is 1. The van der Waals surface area contributed by atoms with Crippen molar-refractivity contribution < 1.29 is 13.2 Å². The number of hydrogen-bond acceptors (Lipinski definition) is 4. The van der Waals surface area contributed by atoms with Crippen LogP contribution in [0.2, 0.25) is 10.0 Å². The molecule has 3 aromatic carbocycles. The van der Waals surface area contributed by atoms with Crippen molar-refractivity contribution in [2.24, 2.45) is 0 Å². The highest BCUT2D eigenvalue weighted by Crippen LogP contribution is 2.27. The predicted molar refractivity (Wildman–Crippen MR) is 133 cm³/mol. The Bertz CT molecular complexity index is 1210. The number of rotatable bonds is 6. The van der Waals surface area contributed by atoms with E-state index in [-0.39, 0.29) is 17.3 Å². The van der Waals surface area contributed by atoms with Crippen molar-refractivity contribution in [3.05, 3.63) is 88.9 Å². The molecule has 0 spiro atoms. The van der Waals surface area contributed by atoms with Crippen LogP contribution in [-0.2, 0) is 14.8 Å². The first-order valence-corrected chi connectivity index (χ1v) is 12.7. The lowest BCUT2D eigenvalue weighted by Crippen LogP contribution is -2.52. The summed E-state index contributed by atoms with van der Waals surface area (Å²) < 4.78 is 28.0. The molecular formula is C24H23Cl2N3O3S. The highest BCUT2D eigenvalue weighted by Gasteiger charge is 2.30. The topological polar surface area (TPSA) is 60.9 Å². The Balaban J connectivity index is 1.54. The molecule has 1 amide bonds. The van der Waals surface area contributed by atoms with Gasteiger partial charge in [-0.1, -0.05) is 47.5 Å². The zero-order valence-electron chi connectivity index (χ0n) is 17.8. The van der Waals surface area contributed by atoms with E-state index in [1.54, 1.807) is 23.1 Å². The lowest BCUT2D eigenvalue weighted by Gasteiger charge is -2.37. The molecule has 1 aliphatic heterocycles. The Kier molecular flexibility index (Phi) is 7.12. The van der Waals surface area contributed by atoms with E-state index >= 15 is 0 Å². The van der Waals surface area contributed by atoms with E-state index in [2.05, 4.69) is 4.90 Å². The van der Waals surface area contributed by atoms with Crippen LogP contribution in [0.1, 0.15) is 0 Å². The van der Waals surface area contributed by atoms with Gasteiger partial charge in [0.15, 0.2) is 0 Å². The molecule has 0 atom stereocenters. The molecule has 0 N–H and O–H groups in total. The van der Waals surface area contributed by atoms with Crippen molar-refractivity contribution in [1.29, 1.82) is 0 Å². The molecular weight excluding hydrogens is 481 g/mol. The summed E-state index contributed by atoms with van der Waals surface area (Å²) in [5.41, 5.74) is 1.43. The highest BCUT2D eigenvalue weighted by atomic mass is 35.5. The van der Waals surface area contributed by atoms with Gasteiger partial charge in [0.05, 0.1) is 10.6 Å². The maximum Gasteiger partial charge on any atom is 0.264 e. The van der Waals surface area contributed by atoms with Crippen molar-refractivity contribution >= 4 is 50.5 Å². The molecule has 0 aromatic heterocycles. The van der Waals surface area contributed by atoms with E-state index in [0.29, 0.717) is 41.9 Å². The number of nitrogens with zero attached hydrogens (tertiary/aromatic N) is 3. The SMILES string of the molecule is O=C(CN(c1cccc(Cl)c1)S(=O)(=O)c1ccc(Cl)cc1)N1CCN(c2ccccc2)CC1. The summed E-state index contributed by atoms with van der Waals surface area (Å²) in [5, 5.41) is 0.809. The zero-order chi connectivity index (χ0) is 23.4. The smallest absolute Gasteiger partial charge is 0.264 e. The van der Waals surface area contributed by atoms with Gasteiger partial charge in [-0.2, -0.15) is 0 Å². The van der Waals surface area contributed by atoms with Gasteiger partial charge in [-0.25, -0.2) is 8.42 Å². The Morgan fingerprint density at radius 3 is 2.12 bits per heavy atom. The van der Waals surface area contributed by atoms with Crippen molar-refractivity contribution in [2.45, 2.75) is 4.90 Å². The summed E-state index contributed by atoms with van der Waals surface area (Å²) in [6.07, 6.45) is 0. The third kappa shape index (κ3) is 5.43. The third-order valence-electron chi connectivity index (χ3n) is 5.53. The molecule has 0 aliphatic carbocycles. The van der Waals surface area contributed by atoms with Crippen molar-refractivity contribution in [3.63, 3.8) is 0 Å². The van der Waals surface area contributed by atoms with Crippen LogP contribution < -0.4 is 9.21 Å². The molecule has 1 aliphatic rings. The molecule has 33 heavy (non-hydrogen) atoms. The van der Waals surface area contributed by atoms with Crippen molar-refractivity contribution in [1.82, 2.24) is 4.90 Å². The van der Waals surface area contributed by atoms with Crippen LogP contribution >= 0.6 is 23.2 Å². The van der Waals surface area contributed by atoms with Gasteiger partial charge in [0, 0.05) is 41.9 Å². The molecule has 1 heterocycles. The maximum atomic E-state index is 13.5. The van der Waals surface area contributed by atoms with Crippen LogP contribution in [0.15, 0.2) is 83.8 Å². The first-order chi connectivity index (χ1) is 15.8. The Morgan fingerprint density at radius 2 is 1.48 bits per heavy atom. The lowest BCUT2D eigenvalue weighted by atomic mass is 10.2. The number of anilines is 2. The molecule has 4 rings (SSSR count). The number of amides is 1. The summed E-state index contributed by atoms with van der Waals surface area (Å²) in [7, 11) is -4.02. The maximum absolute atomic E-state index is 13.5. The molecule has 6 nitrogen and oxygen atoms in total. The minimum Gasteiger partial charge on any atom is -0.368 e. The fraction of sp³-hybridized carbons (Fsp3) is 0.208. The van der Waals surface area contributed by atoms with Crippen LogP contribution in [0.3, 0.4) is 0 Å². The highest BCUT2D eigenvalue weighted by molar-refractivity contribution is 7.92. The molecule has 0 saturated carbocycles. The molecule has 172 valence electrons. The van der Waals surface area contributed by atoms with E-state index in [1.807, 2.05) is 30.3 Å². The molecule has 1 fully saturated rings. The molecule has 0 radical (unpaired) electrons. The van der Waals surface area contributed by atoms with Crippen LogP contribution in [0.25, 0.3) is 0 Å². The minimum atomic E-state index is -4.02. The summed E-state index contributed by atoms with van der Waals surface area (Å²) in [6.45, 7) is 2.06. The lowest BCUT2D eigenvalue weighted by molar-refractivity contribution is -0.129. The monoisotopic (exact) mass is 503 g/mol. The van der Waals surface area contributed by atoms with Crippen molar-refractivity contribution in [2.75, 3.05) is 41.9 Å². The van der Waals surface area contributed by atoms with E-state index in [9.17, 15) is 13.2 Å². The van der Waals surface area contributed by atoms with Gasteiger partial charge in [0.1, 0.15) is 6.54 Å². The van der Waals surface area contributed by atoms with E-state index in [0.717, 1.165) is 9.99 Å². The fourth-order valence-corrected chi connectivity index (χ4v) is 5.47. The second kappa shape index (κ2) is 10.0. The molecule has 3 aromatic rings. The second-order valence-corrected chi connectivity index (χ2v) is 10.4. The number of sulfonamides is 1. The summed E-state index contributed by atoms with van der Waals surface area (Å²) in [5.74, 6) is -0.264. The molecule has 9 heteroatoms. The average Bonchev–Trinajstić information content (AvgIpc) is 2.83.